The summed E-state index contributed by atoms with van der Waals surface area (Å²) in [6.45, 7) is 2.41. The van der Waals surface area contributed by atoms with Crippen molar-refractivity contribution in [2.75, 3.05) is 7.05 Å². The van der Waals surface area contributed by atoms with Gasteiger partial charge in [-0.15, -0.1) is 0 Å². The predicted molar refractivity (Wildman–Crippen MR) is 76.6 cm³/mol. The van der Waals surface area contributed by atoms with E-state index in [9.17, 15) is 0 Å². The van der Waals surface area contributed by atoms with Gasteiger partial charge in [0.15, 0.2) is 0 Å². The smallest absolute Gasteiger partial charge is 0.0127 e. The molecule has 1 N–H and O–H groups in total. The second-order valence-electron chi connectivity index (χ2n) is 6.41. The third-order valence-corrected chi connectivity index (χ3v) is 5.11. The molecule has 0 aliphatic heterocycles. The predicted octanol–water partition coefficient (Wildman–Crippen LogP) is 3.81. The van der Waals surface area contributed by atoms with Gasteiger partial charge in [-0.25, -0.2) is 0 Å². The first kappa shape index (κ1) is 12.2. The molecular formula is C17H25N. The third kappa shape index (κ3) is 2.33. The molecule has 18 heavy (non-hydrogen) atoms. The van der Waals surface area contributed by atoms with Gasteiger partial charge >= 0.3 is 0 Å². The first-order chi connectivity index (χ1) is 8.79. The molecule has 2 aliphatic rings. The summed E-state index contributed by atoms with van der Waals surface area (Å²) in [5.41, 5.74) is 1.55. The quantitative estimate of drug-likeness (QED) is 0.848. The Labute approximate surface area is 111 Å². The minimum Gasteiger partial charge on any atom is -0.316 e. The Morgan fingerprint density at radius 2 is 1.89 bits per heavy atom. The van der Waals surface area contributed by atoms with Crippen molar-refractivity contribution >= 4 is 0 Å². The van der Waals surface area contributed by atoms with Crippen molar-refractivity contribution in [3.8, 4) is 0 Å². The van der Waals surface area contributed by atoms with E-state index in [0.717, 1.165) is 29.7 Å². The van der Waals surface area contributed by atoms with Crippen LogP contribution in [-0.4, -0.2) is 13.1 Å². The molecule has 2 saturated carbocycles. The van der Waals surface area contributed by atoms with Crippen LogP contribution >= 0.6 is 0 Å². The van der Waals surface area contributed by atoms with Crippen molar-refractivity contribution < 1.29 is 0 Å². The minimum absolute atomic E-state index is 0.750. The zero-order chi connectivity index (χ0) is 12.5. The number of hydrogen-bond donors (Lipinski definition) is 1. The van der Waals surface area contributed by atoms with Crippen LogP contribution in [0.25, 0.3) is 0 Å². The van der Waals surface area contributed by atoms with Crippen molar-refractivity contribution in [1.82, 2.24) is 5.32 Å². The Kier molecular flexibility index (Phi) is 3.43. The van der Waals surface area contributed by atoms with Gasteiger partial charge in [0.2, 0.25) is 0 Å². The van der Waals surface area contributed by atoms with E-state index in [1.807, 2.05) is 0 Å². The minimum atomic E-state index is 0.750. The molecule has 0 amide bonds. The molecule has 0 radical (unpaired) electrons. The van der Waals surface area contributed by atoms with Gasteiger partial charge in [0.25, 0.3) is 0 Å². The summed E-state index contributed by atoms with van der Waals surface area (Å²) in [6.07, 6.45) is 5.69. The van der Waals surface area contributed by atoms with E-state index in [1.54, 1.807) is 5.56 Å². The largest absolute Gasteiger partial charge is 0.316 e. The van der Waals surface area contributed by atoms with Crippen LogP contribution in [0.3, 0.4) is 0 Å². The topological polar surface area (TPSA) is 12.0 Å². The van der Waals surface area contributed by atoms with Crippen LogP contribution in [0.5, 0.6) is 0 Å². The number of rotatable bonds is 4. The maximum absolute atomic E-state index is 3.63. The number of nitrogens with one attached hydrogen (secondary N) is 1. The Balaban J connectivity index is 1.65. The highest BCUT2D eigenvalue weighted by Crippen LogP contribution is 2.52. The molecule has 5 unspecified atom stereocenters. The second-order valence-corrected chi connectivity index (χ2v) is 6.41. The van der Waals surface area contributed by atoms with Crippen LogP contribution < -0.4 is 5.32 Å². The lowest BCUT2D eigenvalue weighted by molar-refractivity contribution is 0.332. The van der Waals surface area contributed by atoms with Gasteiger partial charge in [-0.2, -0.15) is 0 Å². The zero-order valence-corrected chi connectivity index (χ0v) is 11.6. The normalized spacial score (nSPS) is 36.6. The molecule has 1 nitrogen and oxygen atoms in total. The van der Waals surface area contributed by atoms with Crippen LogP contribution in [0.15, 0.2) is 30.3 Å². The van der Waals surface area contributed by atoms with Gasteiger partial charge < -0.3 is 5.32 Å². The third-order valence-electron chi connectivity index (χ3n) is 5.11. The zero-order valence-electron chi connectivity index (χ0n) is 11.6. The summed E-state index contributed by atoms with van der Waals surface area (Å²) in [5, 5.41) is 3.63. The van der Waals surface area contributed by atoms with Crippen molar-refractivity contribution in [3.63, 3.8) is 0 Å². The Morgan fingerprint density at radius 3 is 2.50 bits per heavy atom. The van der Waals surface area contributed by atoms with Gasteiger partial charge in [0.05, 0.1) is 0 Å². The van der Waals surface area contributed by atoms with Gasteiger partial charge in [-0.1, -0.05) is 43.7 Å². The summed E-state index contributed by atoms with van der Waals surface area (Å²) >= 11 is 0. The highest BCUT2D eigenvalue weighted by molar-refractivity contribution is 5.27. The average molecular weight is 243 g/mol. The standard InChI is InChI=1S/C17H25N/c1-12-8-9-14(10-12)17(18-2)16-11-15(16)13-6-4-3-5-7-13/h3-7,12,14-18H,8-11H2,1-2H3. The average Bonchev–Trinajstić information content (AvgIpc) is 3.07. The first-order valence-electron chi connectivity index (χ1n) is 7.51. The van der Waals surface area contributed by atoms with Crippen LogP contribution in [-0.2, 0) is 0 Å². The Hall–Kier alpha value is -0.820. The van der Waals surface area contributed by atoms with Gasteiger partial charge in [-0.05, 0) is 55.5 Å². The molecular weight excluding hydrogens is 218 g/mol. The van der Waals surface area contributed by atoms with Crippen LogP contribution in [0, 0.1) is 17.8 Å². The Bertz CT molecular complexity index is 386. The van der Waals surface area contributed by atoms with Gasteiger partial charge in [-0.3, -0.25) is 0 Å². The SMILES string of the molecule is CNC(C1CCC(C)C1)C1CC1c1ccccc1. The van der Waals surface area contributed by atoms with Crippen LogP contribution in [0.1, 0.15) is 44.1 Å². The van der Waals surface area contributed by atoms with E-state index in [0.29, 0.717) is 0 Å². The molecule has 1 aromatic rings. The van der Waals surface area contributed by atoms with E-state index in [1.165, 1.54) is 25.7 Å². The van der Waals surface area contributed by atoms with Crippen molar-refractivity contribution in [2.24, 2.45) is 17.8 Å². The molecule has 1 aromatic carbocycles. The van der Waals surface area contributed by atoms with E-state index in [2.05, 4.69) is 49.6 Å². The molecule has 2 aliphatic carbocycles. The maximum atomic E-state index is 3.63. The number of hydrogen-bond acceptors (Lipinski definition) is 1. The summed E-state index contributed by atoms with van der Waals surface area (Å²) < 4.78 is 0. The maximum Gasteiger partial charge on any atom is 0.0127 e. The summed E-state index contributed by atoms with van der Waals surface area (Å²) in [6, 6.07) is 11.8. The van der Waals surface area contributed by atoms with Gasteiger partial charge in [0, 0.05) is 6.04 Å². The fourth-order valence-corrected chi connectivity index (χ4v) is 4.07. The lowest BCUT2D eigenvalue weighted by atomic mass is 9.91. The van der Waals surface area contributed by atoms with E-state index in [4.69, 9.17) is 0 Å². The highest BCUT2D eigenvalue weighted by Gasteiger charge is 2.46. The molecule has 5 atom stereocenters. The van der Waals surface area contributed by atoms with Gasteiger partial charge in [0.1, 0.15) is 0 Å². The molecule has 98 valence electrons. The molecule has 0 heterocycles. The summed E-state index contributed by atoms with van der Waals surface area (Å²) in [4.78, 5) is 0. The summed E-state index contributed by atoms with van der Waals surface area (Å²) in [7, 11) is 2.16. The molecule has 0 spiro atoms. The fraction of sp³-hybridized carbons (Fsp3) is 0.647. The molecule has 0 bridgehead atoms. The molecule has 1 heteroatoms. The molecule has 0 saturated heterocycles. The first-order valence-corrected chi connectivity index (χ1v) is 7.51. The molecule has 0 aromatic heterocycles. The fourth-order valence-electron chi connectivity index (χ4n) is 4.07. The van der Waals surface area contributed by atoms with Crippen molar-refractivity contribution in [2.45, 2.75) is 44.6 Å². The second kappa shape index (κ2) is 5.05. The van der Waals surface area contributed by atoms with Crippen LogP contribution in [0.4, 0.5) is 0 Å². The summed E-state index contributed by atoms with van der Waals surface area (Å²) in [5.74, 6) is 3.57. The van der Waals surface area contributed by atoms with Crippen molar-refractivity contribution in [3.05, 3.63) is 35.9 Å². The van der Waals surface area contributed by atoms with Crippen LogP contribution in [0.2, 0.25) is 0 Å². The monoisotopic (exact) mass is 243 g/mol. The van der Waals surface area contributed by atoms with E-state index >= 15 is 0 Å². The van der Waals surface area contributed by atoms with E-state index in [-0.39, 0.29) is 0 Å². The van der Waals surface area contributed by atoms with Crippen molar-refractivity contribution in [1.29, 1.82) is 0 Å². The Morgan fingerprint density at radius 1 is 1.11 bits per heavy atom. The lowest BCUT2D eigenvalue weighted by Gasteiger charge is -2.23. The highest BCUT2D eigenvalue weighted by atomic mass is 14.9. The lowest BCUT2D eigenvalue weighted by Crippen LogP contribution is -2.35. The van der Waals surface area contributed by atoms with E-state index < -0.39 is 0 Å². The molecule has 3 rings (SSSR count). The number of benzene rings is 1. The molecule has 2 fully saturated rings.